The van der Waals surface area contributed by atoms with Crippen molar-refractivity contribution < 1.29 is 31.1 Å². The van der Waals surface area contributed by atoms with Gasteiger partial charge in [-0.05, 0) is 24.5 Å². The van der Waals surface area contributed by atoms with E-state index in [1.54, 1.807) is 24.4 Å². The van der Waals surface area contributed by atoms with Crippen molar-refractivity contribution in [1.29, 1.82) is 0 Å². The molecule has 1 fully saturated rings. The summed E-state index contributed by atoms with van der Waals surface area (Å²) in [5.41, 5.74) is -3.60. The largest absolute Gasteiger partial charge is 0.511 e. The normalized spacial score (nSPS) is 20.6. The van der Waals surface area contributed by atoms with Gasteiger partial charge in [0.25, 0.3) is 0 Å². The lowest BCUT2D eigenvalue weighted by Crippen LogP contribution is -2.49. The molecule has 8 nitrogen and oxygen atoms in total. The first-order valence-electron chi connectivity index (χ1n) is 10.8. The van der Waals surface area contributed by atoms with E-state index < -0.39 is 28.1 Å². The van der Waals surface area contributed by atoms with Crippen LogP contribution in [0.5, 0.6) is 5.75 Å². The smallest absolute Gasteiger partial charge is 0.497 e. The summed E-state index contributed by atoms with van der Waals surface area (Å²) in [6, 6.07) is 4.28. The van der Waals surface area contributed by atoms with Crippen LogP contribution in [0.25, 0.3) is 0 Å². The van der Waals surface area contributed by atoms with E-state index in [4.69, 9.17) is 9.47 Å². The van der Waals surface area contributed by atoms with Gasteiger partial charge in [-0.1, -0.05) is 18.9 Å². The fraction of sp³-hybridized carbons (Fsp3) is 0.571. The van der Waals surface area contributed by atoms with Gasteiger partial charge in [-0.15, -0.1) is 0 Å². The zero-order valence-corrected chi connectivity index (χ0v) is 19.0. The van der Waals surface area contributed by atoms with Crippen molar-refractivity contribution in [3.8, 4) is 5.75 Å². The van der Waals surface area contributed by atoms with Crippen molar-refractivity contribution in [2.24, 2.45) is 0 Å². The van der Waals surface area contributed by atoms with Gasteiger partial charge >= 0.3 is 15.5 Å². The fourth-order valence-electron chi connectivity index (χ4n) is 4.40. The summed E-state index contributed by atoms with van der Waals surface area (Å²) in [6.45, 7) is -0.377. The summed E-state index contributed by atoms with van der Waals surface area (Å²) in [7, 11) is -4.04. The monoisotopic (exact) mass is 488 g/mol. The number of imidazole rings is 1. The van der Waals surface area contributed by atoms with Crippen LogP contribution in [0.4, 0.5) is 18.9 Å². The van der Waals surface area contributed by atoms with E-state index in [1.165, 1.54) is 13.4 Å². The van der Waals surface area contributed by atoms with E-state index in [1.807, 2.05) is 4.90 Å². The van der Waals surface area contributed by atoms with Crippen LogP contribution in [-0.2, 0) is 27.8 Å². The number of fused-ring (bicyclic) bond motifs is 1. The van der Waals surface area contributed by atoms with Gasteiger partial charge in [-0.25, -0.2) is 13.4 Å². The number of ether oxygens (including phenoxy) is 2. The number of nitrogens with one attached hydrogen (secondary N) is 1. The first-order chi connectivity index (χ1) is 15.7. The Bertz CT molecular complexity index is 1040. The standard InChI is InChI=1S/C21H27F3N4O4S/c1-31-19-7-6-15-10-27(33(29,30)21(22,23)24)12-17(13-32-18-4-2-3-5-18)28(20(15)8-19)11-16-9-25-14-26-16/h6-9,14,17-18H,2-5,10-13H2,1H3,(H,25,26)/t17-/m1/s1. The maximum absolute atomic E-state index is 13.5. The third-order valence-electron chi connectivity index (χ3n) is 6.16. The number of nitrogens with zero attached hydrogens (tertiary/aromatic N) is 3. The number of sulfonamides is 1. The zero-order chi connectivity index (χ0) is 23.6. The van der Waals surface area contributed by atoms with E-state index in [-0.39, 0.29) is 19.3 Å². The number of H-pyrrole nitrogens is 1. The second kappa shape index (κ2) is 9.51. The van der Waals surface area contributed by atoms with E-state index in [0.29, 0.717) is 27.9 Å². The second-order valence-corrected chi connectivity index (χ2v) is 10.3. The van der Waals surface area contributed by atoms with Gasteiger partial charge in [0.05, 0.1) is 44.4 Å². The third-order valence-corrected chi connectivity index (χ3v) is 7.70. The Balaban J connectivity index is 1.75. The molecule has 2 aromatic rings. The summed E-state index contributed by atoms with van der Waals surface area (Å²) in [6.07, 6.45) is 7.04. The molecule has 1 saturated carbocycles. The predicted molar refractivity (Wildman–Crippen MR) is 115 cm³/mol. The molecular weight excluding hydrogens is 461 g/mol. The molecule has 1 N–H and O–H groups in total. The third kappa shape index (κ3) is 5.12. The number of aromatic nitrogens is 2. The van der Waals surface area contributed by atoms with Crippen LogP contribution in [0.3, 0.4) is 0 Å². The van der Waals surface area contributed by atoms with Crippen molar-refractivity contribution >= 4 is 15.7 Å². The minimum atomic E-state index is -5.54. The van der Waals surface area contributed by atoms with Crippen LogP contribution >= 0.6 is 0 Å². The SMILES string of the molecule is COc1ccc2c(c1)N(Cc1cnc[nH]1)[C@@H](COC1CCCC1)CN(S(=O)(=O)C(F)(F)F)C2. The molecule has 0 unspecified atom stereocenters. The summed E-state index contributed by atoms with van der Waals surface area (Å²) in [5.74, 6) is 0.519. The quantitative estimate of drug-likeness (QED) is 0.643. The number of aromatic amines is 1. The van der Waals surface area contributed by atoms with E-state index in [2.05, 4.69) is 9.97 Å². The number of hydrogen-bond acceptors (Lipinski definition) is 6. The van der Waals surface area contributed by atoms with E-state index in [9.17, 15) is 21.6 Å². The van der Waals surface area contributed by atoms with Gasteiger partial charge in [0.2, 0.25) is 0 Å². The molecular formula is C21H27F3N4O4S. The highest BCUT2D eigenvalue weighted by molar-refractivity contribution is 7.89. The van der Waals surface area contributed by atoms with E-state index in [0.717, 1.165) is 31.4 Å². The van der Waals surface area contributed by atoms with Crippen molar-refractivity contribution in [2.75, 3.05) is 25.2 Å². The molecule has 1 aliphatic carbocycles. The average molecular weight is 489 g/mol. The molecule has 33 heavy (non-hydrogen) atoms. The van der Waals surface area contributed by atoms with Crippen LogP contribution in [0.2, 0.25) is 0 Å². The number of rotatable bonds is 7. The van der Waals surface area contributed by atoms with Crippen LogP contribution < -0.4 is 9.64 Å². The molecule has 2 heterocycles. The Morgan fingerprint density at radius 2 is 2.00 bits per heavy atom. The maximum Gasteiger partial charge on any atom is 0.511 e. The molecule has 1 aromatic carbocycles. The molecule has 0 radical (unpaired) electrons. The number of hydrogen-bond donors (Lipinski definition) is 1. The summed E-state index contributed by atoms with van der Waals surface area (Å²) in [4.78, 5) is 8.92. The van der Waals surface area contributed by atoms with Crippen LogP contribution in [0.1, 0.15) is 36.9 Å². The lowest BCUT2D eigenvalue weighted by molar-refractivity contribution is -0.0495. The minimum absolute atomic E-state index is 0.0275. The minimum Gasteiger partial charge on any atom is -0.497 e. The molecule has 2 aliphatic rings. The van der Waals surface area contributed by atoms with E-state index >= 15 is 0 Å². The van der Waals surface area contributed by atoms with Crippen molar-refractivity contribution in [2.45, 2.75) is 56.4 Å². The number of halogens is 3. The Labute approximate surface area is 190 Å². The molecule has 1 aromatic heterocycles. The van der Waals surface area contributed by atoms with Gasteiger partial charge in [0.15, 0.2) is 0 Å². The number of alkyl halides is 3. The maximum atomic E-state index is 13.5. The zero-order valence-electron chi connectivity index (χ0n) is 18.2. The van der Waals surface area contributed by atoms with Crippen molar-refractivity contribution in [1.82, 2.24) is 14.3 Å². The highest BCUT2D eigenvalue weighted by atomic mass is 32.2. The molecule has 4 rings (SSSR count). The van der Waals surface area contributed by atoms with Gasteiger partial charge < -0.3 is 19.4 Å². The summed E-state index contributed by atoms with van der Waals surface area (Å²) in [5, 5.41) is 0. The highest BCUT2D eigenvalue weighted by Gasteiger charge is 2.51. The summed E-state index contributed by atoms with van der Waals surface area (Å²) >= 11 is 0. The first-order valence-corrected chi connectivity index (χ1v) is 12.2. The Morgan fingerprint density at radius 3 is 2.64 bits per heavy atom. The lowest BCUT2D eigenvalue weighted by atomic mass is 10.1. The molecule has 0 spiro atoms. The number of anilines is 1. The van der Waals surface area contributed by atoms with Crippen LogP contribution in [0, 0.1) is 0 Å². The predicted octanol–water partition coefficient (Wildman–Crippen LogP) is 3.42. The van der Waals surface area contributed by atoms with Gasteiger partial charge in [0.1, 0.15) is 5.75 Å². The van der Waals surface area contributed by atoms with Gasteiger partial charge in [-0.2, -0.15) is 17.5 Å². The topological polar surface area (TPSA) is 87.8 Å². The fourth-order valence-corrected chi connectivity index (χ4v) is 5.37. The second-order valence-electron chi connectivity index (χ2n) is 8.34. The molecule has 1 aliphatic heterocycles. The van der Waals surface area contributed by atoms with Crippen LogP contribution in [-0.4, -0.2) is 60.6 Å². The van der Waals surface area contributed by atoms with Crippen molar-refractivity contribution in [3.63, 3.8) is 0 Å². The van der Waals surface area contributed by atoms with Crippen molar-refractivity contribution in [3.05, 3.63) is 42.0 Å². The lowest BCUT2D eigenvalue weighted by Gasteiger charge is -2.34. The Morgan fingerprint density at radius 1 is 1.24 bits per heavy atom. The Hall–Kier alpha value is -2.31. The molecule has 0 amide bonds. The average Bonchev–Trinajstić information content (AvgIpc) is 3.45. The molecule has 0 bridgehead atoms. The molecule has 0 saturated heterocycles. The van der Waals surface area contributed by atoms with Gasteiger partial charge in [-0.3, -0.25) is 0 Å². The Kier molecular flexibility index (Phi) is 6.87. The molecule has 182 valence electrons. The van der Waals surface area contributed by atoms with Gasteiger partial charge in [0, 0.05) is 31.0 Å². The molecule has 1 atom stereocenters. The van der Waals surface area contributed by atoms with Crippen LogP contribution in [0.15, 0.2) is 30.7 Å². The summed E-state index contributed by atoms with van der Waals surface area (Å²) < 4.78 is 77.3. The molecule has 12 heteroatoms. The first kappa shape index (κ1) is 23.8. The number of methoxy groups -OCH3 is 1. The number of benzene rings is 1. The highest BCUT2D eigenvalue weighted by Crippen LogP contribution is 2.37.